The molecule has 0 fully saturated rings. The van der Waals surface area contributed by atoms with Crippen molar-refractivity contribution in [3.8, 4) is 0 Å². The van der Waals surface area contributed by atoms with Gasteiger partial charge in [0.15, 0.2) is 0 Å². The minimum atomic E-state index is 0.899. The molecule has 0 aromatic heterocycles. The first kappa shape index (κ1) is 14.1. The molecule has 0 aliphatic carbocycles. The normalized spacial score (nSPS) is 10.3. The number of hydrogen-bond donors (Lipinski definition) is 2. The Hall–Kier alpha value is -2.82. The van der Waals surface area contributed by atoms with Crippen LogP contribution < -0.4 is 21.7 Å². The molecule has 0 saturated carbocycles. The van der Waals surface area contributed by atoms with Crippen LogP contribution in [0.15, 0.2) is 84.9 Å². The van der Waals surface area contributed by atoms with Crippen molar-refractivity contribution in [3.63, 3.8) is 0 Å². The highest BCUT2D eigenvalue weighted by Crippen LogP contribution is 2.26. The third-order valence-electron chi connectivity index (χ3n) is 3.47. The molecule has 4 N–H and O–H groups in total. The molecule has 4 heteroatoms. The van der Waals surface area contributed by atoms with Crippen molar-refractivity contribution in [3.05, 3.63) is 84.9 Å². The van der Waals surface area contributed by atoms with E-state index in [1.54, 1.807) is 10.0 Å². The molecule has 3 aromatic carbocycles. The van der Waals surface area contributed by atoms with Gasteiger partial charge < -0.3 is 0 Å². The molecule has 3 rings (SSSR count). The number of nitrogens with zero attached hydrogens (tertiary/aromatic N) is 2. The maximum Gasteiger partial charge on any atom is 0.0576 e. The number of nitrogens with two attached hydrogens (primary N) is 2. The summed E-state index contributed by atoms with van der Waals surface area (Å²) in [7, 11) is 0. The molecular weight excluding hydrogens is 272 g/mol. The van der Waals surface area contributed by atoms with Gasteiger partial charge in [-0.25, -0.2) is 11.7 Å². The molecule has 0 bridgehead atoms. The third-order valence-corrected chi connectivity index (χ3v) is 3.47. The van der Waals surface area contributed by atoms with E-state index in [9.17, 15) is 0 Å². The zero-order valence-electron chi connectivity index (χ0n) is 12.1. The molecule has 3 aromatic rings. The Labute approximate surface area is 130 Å². The molecule has 0 aliphatic rings. The zero-order chi connectivity index (χ0) is 15.4. The first-order valence-electron chi connectivity index (χ1n) is 7.05. The average molecular weight is 290 g/mol. The second kappa shape index (κ2) is 6.30. The van der Waals surface area contributed by atoms with Gasteiger partial charge in [0.05, 0.1) is 22.7 Å². The highest BCUT2D eigenvalue weighted by Gasteiger charge is 2.07. The van der Waals surface area contributed by atoms with Crippen LogP contribution >= 0.6 is 0 Å². The van der Waals surface area contributed by atoms with Crippen LogP contribution in [0, 0.1) is 0 Å². The van der Waals surface area contributed by atoms with Gasteiger partial charge in [-0.05, 0) is 48.5 Å². The van der Waals surface area contributed by atoms with Gasteiger partial charge in [-0.15, -0.1) is 0 Å². The molecule has 0 atom stereocenters. The van der Waals surface area contributed by atoms with Crippen LogP contribution in [0.2, 0.25) is 0 Å². The van der Waals surface area contributed by atoms with Crippen molar-refractivity contribution in [2.24, 2.45) is 11.7 Å². The summed E-state index contributed by atoms with van der Waals surface area (Å²) in [6.07, 6.45) is 0. The van der Waals surface area contributed by atoms with Crippen LogP contribution in [0.5, 0.6) is 0 Å². The SMILES string of the molecule is NN(c1ccccc1)c1ccc(N(N)c2ccccc2)cc1. The molecule has 0 heterocycles. The van der Waals surface area contributed by atoms with E-state index in [1.165, 1.54) is 0 Å². The van der Waals surface area contributed by atoms with Gasteiger partial charge in [0.2, 0.25) is 0 Å². The highest BCUT2D eigenvalue weighted by atomic mass is 15.4. The Morgan fingerprint density at radius 2 is 0.682 bits per heavy atom. The lowest BCUT2D eigenvalue weighted by molar-refractivity contribution is 1.07. The van der Waals surface area contributed by atoms with Gasteiger partial charge in [0.1, 0.15) is 0 Å². The van der Waals surface area contributed by atoms with Crippen LogP contribution in [0.3, 0.4) is 0 Å². The molecule has 22 heavy (non-hydrogen) atoms. The Bertz CT molecular complexity index is 647. The molecule has 0 unspecified atom stereocenters. The Morgan fingerprint density at radius 1 is 0.409 bits per heavy atom. The fourth-order valence-corrected chi connectivity index (χ4v) is 2.25. The van der Waals surface area contributed by atoms with Gasteiger partial charge in [-0.1, -0.05) is 36.4 Å². The average Bonchev–Trinajstić information content (AvgIpc) is 2.62. The smallest absolute Gasteiger partial charge is 0.0576 e. The molecule has 4 nitrogen and oxygen atoms in total. The molecular formula is C18H18N4. The van der Waals surface area contributed by atoms with Crippen molar-refractivity contribution in [2.45, 2.75) is 0 Å². The molecule has 110 valence electrons. The Balaban J connectivity index is 1.81. The quantitative estimate of drug-likeness (QED) is 0.568. The summed E-state index contributed by atoms with van der Waals surface area (Å²) in [6, 6.07) is 27.4. The number of hydrogen-bond acceptors (Lipinski definition) is 4. The minimum absolute atomic E-state index is 0.899. The van der Waals surface area contributed by atoms with E-state index >= 15 is 0 Å². The van der Waals surface area contributed by atoms with Crippen molar-refractivity contribution in [2.75, 3.05) is 10.0 Å². The summed E-state index contributed by atoms with van der Waals surface area (Å²) < 4.78 is 0. The van der Waals surface area contributed by atoms with E-state index in [1.807, 2.05) is 84.9 Å². The predicted molar refractivity (Wildman–Crippen MR) is 92.0 cm³/mol. The van der Waals surface area contributed by atoms with E-state index in [-0.39, 0.29) is 0 Å². The summed E-state index contributed by atoms with van der Waals surface area (Å²) in [5.41, 5.74) is 3.67. The Morgan fingerprint density at radius 3 is 1.00 bits per heavy atom. The maximum absolute atomic E-state index is 6.14. The lowest BCUT2D eigenvalue weighted by Crippen LogP contribution is -2.26. The minimum Gasteiger partial charge on any atom is -0.280 e. The number of para-hydroxylation sites is 2. The van der Waals surface area contributed by atoms with E-state index in [0.717, 1.165) is 22.7 Å². The van der Waals surface area contributed by atoms with Crippen LogP contribution in [0.1, 0.15) is 0 Å². The summed E-state index contributed by atoms with van der Waals surface area (Å²) in [5.74, 6) is 12.3. The fourth-order valence-electron chi connectivity index (χ4n) is 2.25. The van der Waals surface area contributed by atoms with E-state index in [0.29, 0.717) is 0 Å². The number of rotatable bonds is 4. The molecule has 0 aliphatic heterocycles. The second-order valence-corrected chi connectivity index (χ2v) is 4.93. The molecule has 0 saturated heterocycles. The molecule has 0 spiro atoms. The number of hydrazine groups is 2. The topological polar surface area (TPSA) is 58.5 Å². The zero-order valence-corrected chi connectivity index (χ0v) is 12.1. The predicted octanol–water partition coefficient (Wildman–Crippen LogP) is 3.71. The largest absolute Gasteiger partial charge is 0.280 e. The van der Waals surface area contributed by atoms with Gasteiger partial charge in [0.25, 0.3) is 0 Å². The first-order chi connectivity index (χ1) is 10.8. The van der Waals surface area contributed by atoms with Gasteiger partial charge in [0, 0.05) is 0 Å². The van der Waals surface area contributed by atoms with Crippen molar-refractivity contribution < 1.29 is 0 Å². The second-order valence-electron chi connectivity index (χ2n) is 4.93. The van der Waals surface area contributed by atoms with E-state index in [2.05, 4.69) is 0 Å². The highest BCUT2D eigenvalue weighted by molar-refractivity contribution is 5.67. The van der Waals surface area contributed by atoms with E-state index in [4.69, 9.17) is 11.7 Å². The van der Waals surface area contributed by atoms with Crippen LogP contribution in [-0.2, 0) is 0 Å². The van der Waals surface area contributed by atoms with Crippen LogP contribution in [0.4, 0.5) is 22.7 Å². The van der Waals surface area contributed by atoms with Crippen LogP contribution in [0.25, 0.3) is 0 Å². The van der Waals surface area contributed by atoms with Crippen molar-refractivity contribution in [1.29, 1.82) is 0 Å². The van der Waals surface area contributed by atoms with Gasteiger partial charge in [-0.3, -0.25) is 10.0 Å². The monoisotopic (exact) mass is 290 g/mol. The first-order valence-corrected chi connectivity index (χ1v) is 7.05. The van der Waals surface area contributed by atoms with Gasteiger partial charge >= 0.3 is 0 Å². The third kappa shape index (κ3) is 2.93. The van der Waals surface area contributed by atoms with Crippen molar-refractivity contribution >= 4 is 22.7 Å². The molecule has 0 amide bonds. The fraction of sp³-hybridized carbons (Fsp3) is 0. The lowest BCUT2D eigenvalue weighted by atomic mass is 10.2. The maximum atomic E-state index is 6.14. The Kier molecular flexibility index (Phi) is 4.05. The molecule has 0 radical (unpaired) electrons. The number of anilines is 4. The summed E-state index contributed by atoms with van der Waals surface area (Å²) in [6.45, 7) is 0. The van der Waals surface area contributed by atoms with Crippen molar-refractivity contribution in [1.82, 2.24) is 0 Å². The summed E-state index contributed by atoms with van der Waals surface area (Å²) >= 11 is 0. The summed E-state index contributed by atoms with van der Waals surface area (Å²) in [5, 5.41) is 3.29. The van der Waals surface area contributed by atoms with Gasteiger partial charge in [-0.2, -0.15) is 0 Å². The lowest BCUT2D eigenvalue weighted by Gasteiger charge is -2.22. The number of benzene rings is 3. The van der Waals surface area contributed by atoms with Crippen LogP contribution in [-0.4, -0.2) is 0 Å². The van der Waals surface area contributed by atoms with E-state index < -0.39 is 0 Å². The summed E-state index contributed by atoms with van der Waals surface area (Å²) in [4.78, 5) is 0. The standard InChI is InChI=1S/C18H18N4/c19-21(15-7-3-1-4-8-15)17-11-13-18(14-12-17)22(20)16-9-5-2-6-10-16/h1-14H,19-20H2.